The van der Waals surface area contributed by atoms with Crippen LogP contribution >= 0.6 is 0 Å². The molecule has 0 aliphatic rings. The first-order valence-electron chi connectivity index (χ1n) is 8.28. The number of carbonyl (C=O) groups is 1. The second kappa shape index (κ2) is 7.91. The lowest BCUT2D eigenvalue weighted by molar-refractivity contribution is 0.0446. The molecule has 0 saturated carbocycles. The Morgan fingerprint density at radius 3 is 2.15 bits per heavy atom. The quantitative estimate of drug-likeness (QED) is 0.569. The largest absolute Gasteiger partial charge is 0.490 e. The van der Waals surface area contributed by atoms with E-state index in [4.69, 9.17) is 9.47 Å². The van der Waals surface area contributed by atoms with Crippen LogP contribution in [0.15, 0.2) is 53.4 Å². The molecule has 26 heavy (non-hydrogen) atoms. The molecule has 2 aromatic carbocycles. The van der Waals surface area contributed by atoms with E-state index < -0.39 is 15.8 Å². The van der Waals surface area contributed by atoms with Crippen LogP contribution in [-0.4, -0.2) is 33.9 Å². The topological polar surface area (TPSA) is 69.7 Å². The molecular formula is C20H24O5S. The predicted octanol–water partition coefficient (Wildman–Crippen LogP) is 3.62. The maximum absolute atomic E-state index is 12.1. The van der Waals surface area contributed by atoms with E-state index in [2.05, 4.69) is 20.8 Å². The summed E-state index contributed by atoms with van der Waals surface area (Å²) in [6, 6.07) is 13.7. The predicted molar refractivity (Wildman–Crippen MR) is 100 cm³/mol. The molecule has 0 amide bonds. The fraction of sp³-hybridized carbons (Fsp3) is 0.350. The van der Waals surface area contributed by atoms with Gasteiger partial charge in [-0.2, -0.15) is 0 Å². The van der Waals surface area contributed by atoms with Gasteiger partial charge in [-0.1, -0.05) is 45.0 Å². The molecule has 0 saturated heterocycles. The van der Waals surface area contributed by atoms with Crippen LogP contribution in [0.1, 0.15) is 36.7 Å². The van der Waals surface area contributed by atoms with Gasteiger partial charge in [0.15, 0.2) is 9.84 Å². The Bertz CT molecular complexity index is 862. The monoisotopic (exact) mass is 376 g/mol. The molecule has 140 valence electrons. The number of hydrogen-bond acceptors (Lipinski definition) is 5. The Hall–Kier alpha value is -2.34. The summed E-state index contributed by atoms with van der Waals surface area (Å²) in [5, 5.41) is 0. The van der Waals surface area contributed by atoms with Gasteiger partial charge >= 0.3 is 5.97 Å². The smallest absolute Gasteiger partial charge is 0.339 e. The fourth-order valence-corrected chi connectivity index (χ4v) is 3.26. The normalized spacial score (nSPS) is 11.8. The minimum absolute atomic E-state index is 0.0257. The van der Waals surface area contributed by atoms with Crippen molar-refractivity contribution in [3.05, 3.63) is 59.7 Å². The van der Waals surface area contributed by atoms with Crippen molar-refractivity contribution in [1.29, 1.82) is 0 Å². The van der Waals surface area contributed by atoms with E-state index in [0.717, 1.165) is 6.26 Å². The van der Waals surface area contributed by atoms with Crippen LogP contribution in [0.3, 0.4) is 0 Å². The average molecular weight is 376 g/mol. The fourth-order valence-electron chi connectivity index (χ4n) is 2.38. The Balaban J connectivity index is 1.90. The lowest BCUT2D eigenvalue weighted by Gasteiger charge is -2.19. The minimum atomic E-state index is -3.50. The van der Waals surface area contributed by atoms with Gasteiger partial charge < -0.3 is 9.47 Å². The van der Waals surface area contributed by atoms with Crippen LogP contribution in [0.4, 0.5) is 0 Å². The molecule has 0 aliphatic carbocycles. The summed E-state index contributed by atoms with van der Waals surface area (Å²) in [6.07, 6.45) is 1.06. The van der Waals surface area contributed by atoms with Crippen molar-refractivity contribution < 1.29 is 22.7 Å². The van der Waals surface area contributed by atoms with Gasteiger partial charge in [0.25, 0.3) is 0 Å². The van der Waals surface area contributed by atoms with Crippen molar-refractivity contribution in [3.63, 3.8) is 0 Å². The molecule has 6 heteroatoms. The van der Waals surface area contributed by atoms with Gasteiger partial charge in [0.05, 0.1) is 10.5 Å². The Kier molecular flexibility index (Phi) is 6.08. The van der Waals surface area contributed by atoms with Crippen molar-refractivity contribution in [1.82, 2.24) is 0 Å². The standard InChI is InChI=1S/C20H24O5S/c1-20(2,3)15-9-11-16(12-10-15)24-13-14-25-19(21)17-7-5-6-8-18(17)26(4,22)23/h5-12H,13-14H2,1-4H3. The molecule has 0 bridgehead atoms. The molecule has 0 heterocycles. The maximum atomic E-state index is 12.1. The first kappa shape index (κ1) is 20.0. The highest BCUT2D eigenvalue weighted by molar-refractivity contribution is 7.90. The van der Waals surface area contributed by atoms with Crippen LogP contribution < -0.4 is 4.74 Å². The average Bonchev–Trinajstić information content (AvgIpc) is 2.57. The third kappa shape index (κ3) is 5.33. The number of sulfone groups is 1. The number of esters is 1. The van der Waals surface area contributed by atoms with E-state index >= 15 is 0 Å². The third-order valence-electron chi connectivity index (χ3n) is 3.81. The zero-order chi connectivity index (χ0) is 19.4. The molecule has 0 aliphatic heterocycles. The molecule has 5 nitrogen and oxygen atoms in total. The molecule has 0 radical (unpaired) electrons. The maximum Gasteiger partial charge on any atom is 0.339 e. The summed E-state index contributed by atoms with van der Waals surface area (Å²) in [6.45, 7) is 6.61. The highest BCUT2D eigenvalue weighted by atomic mass is 32.2. The number of ether oxygens (including phenoxy) is 2. The van der Waals surface area contributed by atoms with Crippen molar-refractivity contribution in [2.75, 3.05) is 19.5 Å². The second-order valence-corrected chi connectivity index (χ2v) is 9.01. The lowest BCUT2D eigenvalue weighted by Crippen LogP contribution is -2.15. The molecule has 0 spiro atoms. The number of rotatable bonds is 6. The Morgan fingerprint density at radius 2 is 1.58 bits per heavy atom. The van der Waals surface area contributed by atoms with Gasteiger partial charge in [0.1, 0.15) is 19.0 Å². The van der Waals surface area contributed by atoms with Gasteiger partial charge in [-0.3, -0.25) is 0 Å². The molecule has 0 atom stereocenters. The van der Waals surface area contributed by atoms with Crippen LogP contribution in [0.2, 0.25) is 0 Å². The van der Waals surface area contributed by atoms with Gasteiger partial charge in [-0.15, -0.1) is 0 Å². The summed E-state index contributed by atoms with van der Waals surface area (Å²) in [7, 11) is -3.50. The van der Waals surface area contributed by atoms with Gasteiger partial charge in [0, 0.05) is 6.26 Å². The number of benzene rings is 2. The molecule has 2 aromatic rings. The molecular weight excluding hydrogens is 352 g/mol. The van der Waals surface area contributed by atoms with E-state index in [1.807, 2.05) is 24.3 Å². The Labute approximate surface area is 154 Å². The van der Waals surface area contributed by atoms with Crippen LogP contribution in [0.25, 0.3) is 0 Å². The number of hydrogen-bond donors (Lipinski definition) is 0. The molecule has 2 rings (SSSR count). The highest BCUT2D eigenvalue weighted by Gasteiger charge is 2.19. The molecule has 0 aromatic heterocycles. The van der Waals surface area contributed by atoms with Gasteiger partial charge in [0.2, 0.25) is 0 Å². The third-order valence-corrected chi connectivity index (χ3v) is 4.97. The minimum Gasteiger partial charge on any atom is -0.490 e. The Morgan fingerprint density at radius 1 is 0.962 bits per heavy atom. The van der Waals surface area contributed by atoms with E-state index in [-0.39, 0.29) is 29.1 Å². The van der Waals surface area contributed by atoms with Crippen LogP contribution in [-0.2, 0) is 20.0 Å². The highest BCUT2D eigenvalue weighted by Crippen LogP contribution is 2.24. The van der Waals surface area contributed by atoms with E-state index in [0.29, 0.717) is 5.75 Å². The zero-order valence-electron chi connectivity index (χ0n) is 15.5. The first-order chi connectivity index (χ1) is 12.1. The van der Waals surface area contributed by atoms with Crippen LogP contribution in [0, 0.1) is 0 Å². The van der Waals surface area contributed by atoms with E-state index in [1.54, 1.807) is 12.1 Å². The van der Waals surface area contributed by atoms with Crippen molar-refractivity contribution in [2.24, 2.45) is 0 Å². The summed E-state index contributed by atoms with van der Waals surface area (Å²) in [5.41, 5.74) is 1.30. The van der Waals surface area contributed by atoms with E-state index in [1.165, 1.54) is 17.7 Å². The summed E-state index contributed by atoms with van der Waals surface area (Å²) in [5.74, 6) is 0.00305. The van der Waals surface area contributed by atoms with Gasteiger partial charge in [-0.05, 0) is 35.2 Å². The summed E-state index contributed by atoms with van der Waals surface area (Å²) >= 11 is 0. The lowest BCUT2D eigenvalue weighted by atomic mass is 9.87. The van der Waals surface area contributed by atoms with Crippen molar-refractivity contribution in [3.8, 4) is 5.75 Å². The van der Waals surface area contributed by atoms with Crippen LogP contribution in [0.5, 0.6) is 5.75 Å². The zero-order valence-corrected chi connectivity index (χ0v) is 16.3. The SMILES string of the molecule is CC(C)(C)c1ccc(OCCOC(=O)c2ccccc2S(C)(=O)=O)cc1. The van der Waals surface area contributed by atoms with Crippen molar-refractivity contribution in [2.45, 2.75) is 31.1 Å². The molecule has 0 N–H and O–H groups in total. The second-order valence-electron chi connectivity index (χ2n) is 7.03. The summed E-state index contributed by atoms with van der Waals surface area (Å²) < 4.78 is 34.2. The molecule has 0 unspecified atom stereocenters. The van der Waals surface area contributed by atoms with Crippen molar-refractivity contribution >= 4 is 15.8 Å². The van der Waals surface area contributed by atoms with Gasteiger partial charge in [-0.25, -0.2) is 13.2 Å². The summed E-state index contributed by atoms with van der Waals surface area (Å²) in [4.78, 5) is 12.1. The molecule has 0 fully saturated rings. The number of carbonyl (C=O) groups excluding carboxylic acids is 1. The van der Waals surface area contributed by atoms with E-state index in [9.17, 15) is 13.2 Å². The first-order valence-corrected chi connectivity index (χ1v) is 10.2.